The van der Waals surface area contributed by atoms with Gasteiger partial charge in [0.1, 0.15) is 12.2 Å². The second-order valence-corrected chi connectivity index (χ2v) is 14.5. The molecule has 2 bridgehead atoms. The SMILES string of the molecule is CC(=O)O[C@](C)(C#N)C(=O)O[C@@H]1C[C@H]2CC[C@]1(CS(=O)(=O)N(C1CCCCC1)C1CCCCC1)C2(C)C. The number of fused-ring (bicyclic) bond motifs is 2. The zero-order chi connectivity index (χ0) is 27.1. The van der Waals surface area contributed by atoms with Crippen LogP contribution in [-0.4, -0.2) is 54.2 Å². The number of nitriles is 1. The van der Waals surface area contributed by atoms with Gasteiger partial charge in [-0.1, -0.05) is 52.4 Å². The molecule has 0 heterocycles. The quantitative estimate of drug-likeness (QED) is 0.407. The number of esters is 2. The van der Waals surface area contributed by atoms with E-state index in [4.69, 9.17) is 9.47 Å². The van der Waals surface area contributed by atoms with E-state index in [0.29, 0.717) is 12.8 Å². The summed E-state index contributed by atoms with van der Waals surface area (Å²) in [6.07, 6.45) is 11.7. The Labute approximate surface area is 222 Å². The van der Waals surface area contributed by atoms with Crippen LogP contribution in [0.4, 0.5) is 0 Å². The average molecular weight is 537 g/mol. The van der Waals surface area contributed by atoms with E-state index in [1.807, 2.05) is 4.31 Å². The first-order valence-corrected chi connectivity index (χ1v) is 15.8. The van der Waals surface area contributed by atoms with Crippen molar-refractivity contribution >= 4 is 22.0 Å². The molecule has 4 aliphatic carbocycles. The third-order valence-electron chi connectivity index (χ3n) is 10.2. The number of carbonyl (C=O) groups is 2. The van der Waals surface area contributed by atoms with Gasteiger partial charge in [0, 0.05) is 31.3 Å². The summed E-state index contributed by atoms with van der Waals surface area (Å²) in [6.45, 7) is 6.58. The van der Waals surface area contributed by atoms with Gasteiger partial charge in [0.15, 0.2) is 0 Å². The molecule has 0 aromatic carbocycles. The van der Waals surface area contributed by atoms with Crippen LogP contribution in [0.15, 0.2) is 0 Å². The number of sulfonamides is 1. The predicted molar refractivity (Wildman–Crippen MR) is 139 cm³/mol. The third kappa shape index (κ3) is 5.17. The van der Waals surface area contributed by atoms with Crippen molar-refractivity contribution in [2.75, 3.05) is 5.75 Å². The van der Waals surface area contributed by atoms with Gasteiger partial charge in [-0.2, -0.15) is 9.57 Å². The van der Waals surface area contributed by atoms with Gasteiger partial charge in [-0.25, -0.2) is 13.2 Å². The monoisotopic (exact) mass is 536 g/mol. The zero-order valence-corrected chi connectivity index (χ0v) is 23.8. The van der Waals surface area contributed by atoms with Crippen LogP contribution in [0.1, 0.15) is 111 Å². The van der Waals surface area contributed by atoms with E-state index in [1.165, 1.54) is 6.92 Å². The molecule has 0 aromatic rings. The van der Waals surface area contributed by atoms with Gasteiger partial charge in [-0.3, -0.25) is 4.79 Å². The molecular weight excluding hydrogens is 492 g/mol. The first-order valence-electron chi connectivity index (χ1n) is 14.2. The summed E-state index contributed by atoms with van der Waals surface area (Å²) < 4.78 is 41.8. The molecule has 0 saturated heterocycles. The van der Waals surface area contributed by atoms with E-state index < -0.39 is 39.1 Å². The van der Waals surface area contributed by atoms with Crippen molar-refractivity contribution in [2.45, 2.75) is 135 Å². The van der Waals surface area contributed by atoms with Crippen LogP contribution in [0.3, 0.4) is 0 Å². The standard InChI is InChI=1S/C28H44N2O6S/c1-20(31)36-27(4,18-29)25(32)35-24-17-21-15-16-28(24,26(21,2)3)19-37(33,34)30(22-11-7-5-8-12-22)23-13-9-6-10-14-23/h21-24H,5-17,19H2,1-4H3/t21-,24-,27-,28-/m1/s1. The zero-order valence-electron chi connectivity index (χ0n) is 23.0. The summed E-state index contributed by atoms with van der Waals surface area (Å²) in [5, 5.41) is 9.59. The van der Waals surface area contributed by atoms with Crippen LogP contribution in [0, 0.1) is 28.1 Å². The van der Waals surface area contributed by atoms with Gasteiger partial charge in [-0.15, -0.1) is 0 Å². The molecular formula is C28H44N2O6S. The third-order valence-corrected chi connectivity index (χ3v) is 12.3. The van der Waals surface area contributed by atoms with E-state index in [0.717, 1.165) is 77.6 Å². The van der Waals surface area contributed by atoms with E-state index in [2.05, 4.69) is 13.8 Å². The lowest BCUT2D eigenvalue weighted by atomic mass is 9.69. The van der Waals surface area contributed by atoms with Gasteiger partial charge >= 0.3 is 11.9 Å². The lowest BCUT2D eigenvalue weighted by Crippen LogP contribution is -2.55. The predicted octanol–water partition coefficient (Wildman–Crippen LogP) is 4.87. The van der Waals surface area contributed by atoms with Crippen LogP contribution in [0.25, 0.3) is 0 Å². The van der Waals surface area contributed by atoms with Gasteiger partial charge in [0.05, 0.1) is 5.75 Å². The second-order valence-electron chi connectivity index (χ2n) is 12.7. The van der Waals surface area contributed by atoms with Crippen LogP contribution < -0.4 is 0 Å². The lowest BCUT2D eigenvalue weighted by molar-refractivity contribution is -0.181. The minimum Gasteiger partial charge on any atom is -0.458 e. The highest BCUT2D eigenvalue weighted by atomic mass is 32.2. The summed E-state index contributed by atoms with van der Waals surface area (Å²) in [7, 11) is -3.66. The van der Waals surface area contributed by atoms with Gasteiger partial charge in [-0.05, 0) is 56.3 Å². The van der Waals surface area contributed by atoms with Crippen LogP contribution in [-0.2, 0) is 29.1 Å². The average Bonchev–Trinajstić information content (AvgIpc) is 3.19. The van der Waals surface area contributed by atoms with Crippen LogP contribution >= 0.6 is 0 Å². The van der Waals surface area contributed by atoms with Crippen LogP contribution in [0.2, 0.25) is 0 Å². The number of ether oxygens (including phenoxy) is 2. The number of nitrogens with zero attached hydrogens (tertiary/aromatic N) is 2. The number of hydrogen-bond acceptors (Lipinski definition) is 7. The Kier molecular flexibility index (Phi) is 8.03. The Bertz CT molecular complexity index is 1010. The van der Waals surface area contributed by atoms with Crippen molar-refractivity contribution in [3.63, 3.8) is 0 Å². The van der Waals surface area contributed by atoms with Crippen molar-refractivity contribution in [1.82, 2.24) is 4.31 Å². The topological polar surface area (TPSA) is 114 Å². The molecule has 8 nitrogen and oxygen atoms in total. The fraction of sp³-hybridized carbons (Fsp3) is 0.893. The van der Waals surface area contributed by atoms with Gasteiger partial charge < -0.3 is 9.47 Å². The van der Waals surface area contributed by atoms with Crippen molar-refractivity contribution < 1.29 is 27.5 Å². The Morgan fingerprint density at radius 1 is 1.00 bits per heavy atom. The van der Waals surface area contributed by atoms with Crippen LogP contribution in [0.5, 0.6) is 0 Å². The lowest BCUT2D eigenvalue weighted by Gasteiger charge is -2.46. The second kappa shape index (κ2) is 10.5. The van der Waals surface area contributed by atoms with Gasteiger partial charge in [0.2, 0.25) is 10.0 Å². The molecule has 37 heavy (non-hydrogen) atoms. The summed E-state index contributed by atoms with van der Waals surface area (Å²) in [4.78, 5) is 24.7. The Balaban J connectivity index is 1.64. The highest BCUT2D eigenvalue weighted by Gasteiger charge is 2.67. The van der Waals surface area contributed by atoms with E-state index in [-0.39, 0.29) is 29.2 Å². The number of carbonyl (C=O) groups excluding carboxylic acids is 2. The molecule has 208 valence electrons. The summed E-state index contributed by atoms with van der Waals surface area (Å²) in [5.41, 5.74) is -3.16. The molecule has 4 aliphatic rings. The van der Waals surface area contributed by atoms with Crippen molar-refractivity contribution in [1.29, 1.82) is 5.26 Å². The molecule has 0 spiro atoms. The Hall–Kier alpha value is -1.66. The fourth-order valence-electron chi connectivity index (χ4n) is 7.97. The molecule has 4 fully saturated rings. The largest absolute Gasteiger partial charge is 0.458 e. The normalized spacial score (nSPS) is 32.0. The summed E-state index contributed by atoms with van der Waals surface area (Å²) in [5.74, 6) is -1.50. The van der Waals surface area contributed by atoms with Gasteiger partial charge in [0.25, 0.3) is 5.60 Å². The first-order chi connectivity index (χ1) is 17.4. The highest BCUT2D eigenvalue weighted by Crippen LogP contribution is 2.67. The fourth-order valence-corrected chi connectivity index (χ4v) is 10.8. The smallest absolute Gasteiger partial charge is 0.365 e. The molecule has 0 radical (unpaired) electrons. The number of rotatable bonds is 8. The minimum absolute atomic E-state index is 0.0480. The molecule has 0 aromatic heterocycles. The maximum atomic E-state index is 14.4. The Morgan fingerprint density at radius 3 is 2.00 bits per heavy atom. The molecule has 0 aliphatic heterocycles. The van der Waals surface area contributed by atoms with Crippen molar-refractivity contribution in [2.24, 2.45) is 16.7 Å². The summed E-state index contributed by atoms with van der Waals surface area (Å²) >= 11 is 0. The molecule has 4 rings (SSSR count). The van der Waals surface area contributed by atoms with E-state index >= 15 is 0 Å². The number of hydrogen-bond donors (Lipinski definition) is 0. The molecule has 4 saturated carbocycles. The minimum atomic E-state index is -3.66. The molecule has 9 heteroatoms. The summed E-state index contributed by atoms with van der Waals surface area (Å²) in [6, 6.07) is 1.87. The highest BCUT2D eigenvalue weighted by molar-refractivity contribution is 7.89. The maximum Gasteiger partial charge on any atom is 0.365 e. The Morgan fingerprint density at radius 2 is 1.54 bits per heavy atom. The molecule has 4 atom stereocenters. The maximum absolute atomic E-state index is 14.4. The van der Waals surface area contributed by atoms with E-state index in [9.17, 15) is 23.3 Å². The van der Waals surface area contributed by atoms with E-state index in [1.54, 1.807) is 6.07 Å². The molecule has 0 N–H and O–H groups in total. The molecule has 0 amide bonds. The van der Waals surface area contributed by atoms with Crippen molar-refractivity contribution in [3.05, 3.63) is 0 Å². The first kappa shape index (κ1) is 28.4. The van der Waals surface area contributed by atoms with Crippen molar-refractivity contribution in [3.8, 4) is 6.07 Å². The molecule has 0 unspecified atom stereocenters.